The Morgan fingerprint density at radius 1 is 1.25 bits per heavy atom. The Kier molecular flexibility index (Phi) is 8.26. The van der Waals surface area contributed by atoms with E-state index in [2.05, 4.69) is 20.8 Å². The van der Waals surface area contributed by atoms with E-state index in [0.29, 0.717) is 12.5 Å². The van der Waals surface area contributed by atoms with Crippen LogP contribution in [0.5, 0.6) is 0 Å². The molecule has 0 aromatic carbocycles. The van der Waals surface area contributed by atoms with Gasteiger partial charge in [-0.05, 0) is 30.7 Å². The third-order valence-corrected chi connectivity index (χ3v) is 3.01. The van der Waals surface area contributed by atoms with Gasteiger partial charge in [0.15, 0.2) is 0 Å². The molecular formula is C13H27NO2. The van der Waals surface area contributed by atoms with Crippen LogP contribution in [0.3, 0.4) is 0 Å². The van der Waals surface area contributed by atoms with Gasteiger partial charge in [0, 0.05) is 6.42 Å². The van der Waals surface area contributed by atoms with Crippen molar-refractivity contribution in [3.63, 3.8) is 0 Å². The summed E-state index contributed by atoms with van der Waals surface area (Å²) in [5, 5.41) is 8.72. The molecule has 96 valence electrons. The van der Waals surface area contributed by atoms with Crippen molar-refractivity contribution in [2.24, 2.45) is 23.5 Å². The molecule has 16 heavy (non-hydrogen) atoms. The average molecular weight is 229 g/mol. The second-order valence-corrected chi connectivity index (χ2v) is 5.37. The maximum Gasteiger partial charge on any atom is 0.303 e. The maximum atomic E-state index is 10.6. The Bertz CT molecular complexity index is 192. The van der Waals surface area contributed by atoms with Crippen LogP contribution in [0.2, 0.25) is 0 Å². The Hall–Kier alpha value is -0.570. The second-order valence-electron chi connectivity index (χ2n) is 5.37. The zero-order valence-corrected chi connectivity index (χ0v) is 10.9. The molecule has 3 N–H and O–H groups in total. The van der Waals surface area contributed by atoms with Crippen LogP contribution in [0.1, 0.15) is 52.9 Å². The zero-order valence-electron chi connectivity index (χ0n) is 10.9. The molecule has 1 unspecified atom stereocenters. The molecule has 0 heterocycles. The third kappa shape index (κ3) is 8.72. The van der Waals surface area contributed by atoms with Crippen LogP contribution < -0.4 is 5.73 Å². The van der Waals surface area contributed by atoms with Crippen molar-refractivity contribution >= 4 is 5.97 Å². The number of carbonyl (C=O) groups is 1. The van der Waals surface area contributed by atoms with Gasteiger partial charge >= 0.3 is 5.97 Å². The molecule has 0 spiro atoms. The first-order chi connectivity index (χ1) is 7.45. The van der Waals surface area contributed by atoms with Crippen molar-refractivity contribution in [3.05, 3.63) is 0 Å². The minimum atomic E-state index is -0.732. The molecule has 3 heteroatoms. The molecule has 2 atom stereocenters. The monoisotopic (exact) mass is 229 g/mol. The minimum absolute atomic E-state index is 0.145. The predicted octanol–water partition coefficient (Wildman–Crippen LogP) is 2.89. The van der Waals surface area contributed by atoms with E-state index in [-0.39, 0.29) is 12.3 Å². The van der Waals surface area contributed by atoms with Crippen LogP contribution in [-0.4, -0.2) is 17.6 Å². The highest BCUT2D eigenvalue weighted by Crippen LogP contribution is 2.20. The van der Waals surface area contributed by atoms with Crippen molar-refractivity contribution in [3.8, 4) is 0 Å². The molecule has 3 nitrogen and oxygen atoms in total. The van der Waals surface area contributed by atoms with Crippen molar-refractivity contribution < 1.29 is 9.90 Å². The SMILES string of the molecule is CC(C)CCC[C@H](C)CC(CN)CC(=O)O. The van der Waals surface area contributed by atoms with E-state index >= 15 is 0 Å². The molecular weight excluding hydrogens is 202 g/mol. The van der Waals surface area contributed by atoms with E-state index in [1.165, 1.54) is 19.3 Å². The minimum Gasteiger partial charge on any atom is -0.481 e. The zero-order chi connectivity index (χ0) is 12.6. The summed E-state index contributed by atoms with van der Waals surface area (Å²) in [6, 6.07) is 0. The Morgan fingerprint density at radius 2 is 1.88 bits per heavy atom. The number of hydrogen-bond donors (Lipinski definition) is 2. The number of nitrogens with two attached hydrogens (primary N) is 1. The van der Waals surface area contributed by atoms with Crippen molar-refractivity contribution in [1.82, 2.24) is 0 Å². The number of hydrogen-bond acceptors (Lipinski definition) is 2. The van der Waals surface area contributed by atoms with Gasteiger partial charge in [0.25, 0.3) is 0 Å². The summed E-state index contributed by atoms with van der Waals surface area (Å²) < 4.78 is 0. The quantitative estimate of drug-likeness (QED) is 0.639. The fourth-order valence-electron chi connectivity index (χ4n) is 2.07. The van der Waals surface area contributed by atoms with E-state index in [0.717, 1.165) is 12.3 Å². The fraction of sp³-hybridized carbons (Fsp3) is 0.923. The highest BCUT2D eigenvalue weighted by Gasteiger charge is 2.15. The maximum absolute atomic E-state index is 10.6. The van der Waals surface area contributed by atoms with E-state index in [1.54, 1.807) is 0 Å². The van der Waals surface area contributed by atoms with E-state index in [1.807, 2.05) is 0 Å². The summed E-state index contributed by atoms with van der Waals surface area (Å²) >= 11 is 0. The number of carboxylic acids is 1. The standard InChI is InChI=1S/C13H27NO2/c1-10(2)5-4-6-11(3)7-12(9-14)8-13(15)16/h10-12H,4-9,14H2,1-3H3,(H,15,16)/t11-,12?/m0/s1. The van der Waals surface area contributed by atoms with E-state index in [4.69, 9.17) is 10.8 Å². The molecule has 0 bridgehead atoms. The van der Waals surface area contributed by atoms with Crippen LogP contribution >= 0.6 is 0 Å². The smallest absolute Gasteiger partial charge is 0.303 e. The Labute approximate surface area is 99.4 Å². The molecule has 0 radical (unpaired) electrons. The lowest BCUT2D eigenvalue weighted by atomic mass is 9.89. The van der Waals surface area contributed by atoms with Gasteiger partial charge < -0.3 is 10.8 Å². The number of rotatable bonds is 9. The summed E-state index contributed by atoms with van der Waals surface area (Å²) in [5.74, 6) is 0.763. The number of carboxylic acid groups (broad SMARTS) is 1. The lowest BCUT2D eigenvalue weighted by Gasteiger charge is -2.18. The van der Waals surface area contributed by atoms with Gasteiger partial charge in [-0.15, -0.1) is 0 Å². The van der Waals surface area contributed by atoms with Gasteiger partial charge in [0.05, 0.1) is 0 Å². The van der Waals surface area contributed by atoms with Crippen LogP contribution in [0.15, 0.2) is 0 Å². The topological polar surface area (TPSA) is 63.3 Å². The van der Waals surface area contributed by atoms with E-state index in [9.17, 15) is 4.79 Å². The van der Waals surface area contributed by atoms with E-state index < -0.39 is 5.97 Å². The number of aliphatic carboxylic acids is 1. The summed E-state index contributed by atoms with van der Waals surface area (Å²) in [4.78, 5) is 10.6. The largest absolute Gasteiger partial charge is 0.481 e. The molecule has 0 aromatic heterocycles. The summed E-state index contributed by atoms with van der Waals surface area (Å²) in [7, 11) is 0. The normalized spacial score (nSPS) is 15.1. The van der Waals surface area contributed by atoms with Gasteiger partial charge in [0.1, 0.15) is 0 Å². The van der Waals surface area contributed by atoms with Gasteiger partial charge in [-0.25, -0.2) is 0 Å². The van der Waals surface area contributed by atoms with Crippen LogP contribution in [0, 0.1) is 17.8 Å². The van der Waals surface area contributed by atoms with Crippen LogP contribution in [0.4, 0.5) is 0 Å². The lowest BCUT2D eigenvalue weighted by Crippen LogP contribution is -2.20. The summed E-state index contributed by atoms with van der Waals surface area (Å²) in [5.41, 5.74) is 5.58. The van der Waals surface area contributed by atoms with Crippen molar-refractivity contribution in [2.45, 2.75) is 52.9 Å². The highest BCUT2D eigenvalue weighted by molar-refractivity contribution is 5.67. The first-order valence-corrected chi connectivity index (χ1v) is 6.37. The molecule has 0 saturated heterocycles. The Balaban J connectivity index is 3.73. The average Bonchev–Trinajstić information content (AvgIpc) is 2.15. The molecule has 0 aliphatic heterocycles. The van der Waals surface area contributed by atoms with Crippen LogP contribution in [-0.2, 0) is 4.79 Å². The highest BCUT2D eigenvalue weighted by atomic mass is 16.4. The molecule has 0 fully saturated rings. The van der Waals surface area contributed by atoms with Gasteiger partial charge in [-0.1, -0.05) is 40.0 Å². The predicted molar refractivity (Wildman–Crippen MR) is 67.3 cm³/mol. The summed E-state index contributed by atoms with van der Waals surface area (Å²) in [6.45, 7) is 7.15. The Morgan fingerprint density at radius 3 is 2.31 bits per heavy atom. The van der Waals surface area contributed by atoms with Gasteiger partial charge in [-0.2, -0.15) is 0 Å². The molecule has 0 saturated carbocycles. The molecule has 0 amide bonds. The molecule has 0 aromatic rings. The lowest BCUT2D eigenvalue weighted by molar-refractivity contribution is -0.138. The second kappa shape index (κ2) is 8.57. The van der Waals surface area contributed by atoms with Crippen molar-refractivity contribution in [1.29, 1.82) is 0 Å². The first-order valence-electron chi connectivity index (χ1n) is 6.37. The van der Waals surface area contributed by atoms with Gasteiger partial charge in [-0.3, -0.25) is 4.79 Å². The molecule has 0 rings (SSSR count). The first kappa shape index (κ1) is 15.4. The van der Waals surface area contributed by atoms with Gasteiger partial charge in [0.2, 0.25) is 0 Å². The molecule has 0 aliphatic rings. The summed E-state index contributed by atoms with van der Waals surface area (Å²) in [6.07, 6.45) is 4.85. The molecule has 0 aliphatic carbocycles. The third-order valence-electron chi connectivity index (χ3n) is 3.01. The fourth-order valence-corrected chi connectivity index (χ4v) is 2.07. The van der Waals surface area contributed by atoms with Crippen molar-refractivity contribution in [2.75, 3.05) is 6.54 Å². The van der Waals surface area contributed by atoms with Crippen LogP contribution in [0.25, 0.3) is 0 Å².